The van der Waals surface area contributed by atoms with E-state index < -0.39 is 0 Å². The van der Waals surface area contributed by atoms with Crippen molar-refractivity contribution in [2.75, 3.05) is 19.8 Å². The van der Waals surface area contributed by atoms with Crippen LogP contribution >= 0.6 is 0 Å². The normalized spacial score (nSPS) is 24.3. The molecule has 0 spiro atoms. The molecule has 0 bridgehead atoms. The molecule has 2 atom stereocenters. The number of carbonyl (C=O) groups is 1. The van der Waals surface area contributed by atoms with Crippen molar-refractivity contribution in [3.8, 4) is 0 Å². The van der Waals surface area contributed by atoms with Gasteiger partial charge in [0.2, 0.25) is 5.91 Å². The van der Waals surface area contributed by atoms with Gasteiger partial charge in [0.25, 0.3) is 0 Å². The Morgan fingerprint density at radius 3 is 3.18 bits per heavy atom. The quantitative estimate of drug-likeness (QED) is 0.520. The first-order chi connectivity index (χ1) is 8.22. The van der Waals surface area contributed by atoms with Gasteiger partial charge in [0.05, 0.1) is 6.61 Å². The van der Waals surface area contributed by atoms with Crippen LogP contribution < -0.4 is 10.6 Å². The molecule has 0 aromatic rings. The van der Waals surface area contributed by atoms with Crippen LogP contribution in [-0.2, 0) is 9.53 Å². The van der Waals surface area contributed by atoms with Crippen molar-refractivity contribution in [1.29, 1.82) is 0 Å². The molecule has 0 aromatic carbocycles. The SMILES string of the molecule is C=CCOCCCC(=O)NC1CCNC(C)C1. The molecule has 1 saturated heterocycles. The first kappa shape index (κ1) is 14.2. The second-order valence-electron chi connectivity index (χ2n) is 4.61. The highest BCUT2D eigenvalue weighted by Crippen LogP contribution is 2.08. The molecule has 1 heterocycles. The summed E-state index contributed by atoms with van der Waals surface area (Å²) in [6.07, 6.45) is 5.11. The third-order valence-corrected chi connectivity index (χ3v) is 2.92. The number of carbonyl (C=O) groups excluding carboxylic acids is 1. The largest absolute Gasteiger partial charge is 0.377 e. The third kappa shape index (κ3) is 6.44. The zero-order valence-corrected chi connectivity index (χ0v) is 10.7. The number of ether oxygens (including phenoxy) is 1. The average molecular weight is 240 g/mol. The molecule has 1 amide bonds. The molecule has 1 aliphatic heterocycles. The fourth-order valence-corrected chi connectivity index (χ4v) is 2.06. The number of nitrogens with one attached hydrogen (secondary N) is 2. The van der Waals surface area contributed by atoms with Gasteiger partial charge >= 0.3 is 0 Å². The zero-order chi connectivity index (χ0) is 12.5. The van der Waals surface area contributed by atoms with E-state index in [2.05, 4.69) is 24.1 Å². The van der Waals surface area contributed by atoms with Crippen LogP contribution in [0.15, 0.2) is 12.7 Å². The summed E-state index contributed by atoms with van der Waals surface area (Å²) in [4.78, 5) is 11.6. The third-order valence-electron chi connectivity index (χ3n) is 2.92. The van der Waals surface area contributed by atoms with E-state index in [1.807, 2.05) is 0 Å². The van der Waals surface area contributed by atoms with Gasteiger partial charge in [-0.25, -0.2) is 0 Å². The summed E-state index contributed by atoms with van der Waals surface area (Å²) in [7, 11) is 0. The topological polar surface area (TPSA) is 50.4 Å². The van der Waals surface area contributed by atoms with E-state index in [4.69, 9.17) is 4.74 Å². The van der Waals surface area contributed by atoms with E-state index in [1.165, 1.54) is 0 Å². The molecule has 1 fully saturated rings. The van der Waals surface area contributed by atoms with Gasteiger partial charge in [-0.1, -0.05) is 6.08 Å². The summed E-state index contributed by atoms with van der Waals surface area (Å²) in [5, 5.41) is 6.46. The van der Waals surface area contributed by atoms with Gasteiger partial charge < -0.3 is 15.4 Å². The lowest BCUT2D eigenvalue weighted by Crippen LogP contribution is -2.46. The Kier molecular flexibility index (Phi) is 6.89. The number of piperidine rings is 1. The summed E-state index contributed by atoms with van der Waals surface area (Å²) in [6, 6.07) is 0.845. The van der Waals surface area contributed by atoms with Gasteiger partial charge in [-0.05, 0) is 32.7 Å². The first-order valence-corrected chi connectivity index (χ1v) is 6.43. The number of amides is 1. The minimum atomic E-state index is 0.145. The van der Waals surface area contributed by atoms with E-state index in [0.717, 1.165) is 25.8 Å². The van der Waals surface area contributed by atoms with Crippen LogP contribution in [0.1, 0.15) is 32.6 Å². The molecular weight excluding hydrogens is 216 g/mol. The van der Waals surface area contributed by atoms with Crippen molar-refractivity contribution in [2.24, 2.45) is 0 Å². The molecule has 0 radical (unpaired) electrons. The van der Waals surface area contributed by atoms with E-state index in [1.54, 1.807) is 6.08 Å². The van der Waals surface area contributed by atoms with Crippen LogP contribution in [0.2, 0.25) is 0 Å². The Balaban J connectivity index is 2.05. The Morgan fingerprint density at radius 2 is 2.47 bits per heavy atom. The van der Waals surface area contributed by atoms with E-state index in [0.29, 0.717) is 31.7 Å². The van der Waals surface area contributed by atoms with E-state index in [-0.39, 0.29) is 5.91 Å². The van der Waals surface area contributed by atoms with Crippen LogP contribution in [0, 0.1) is 0 Å². The Hall–Kier alpha value is -0.870. The molecule has 2 N–H and O–H groups in total. The van der Waals surface area contributed by atoms with Crippen LogP contribution in [0.4, 0.5) is 0 Å². The summed E-state index contributed by atoms with van der Waals surface area (Å²) < 4.78 is 5.23. The van der Waals surface area contributed by atoms with Crippen molar-refractivity contribution in [3.63, 3.8) is 0 Å². The lowest BCUT2D eigenvalue weighted by atomic mass is 10.0. The van der Waals surface area contributed by atoms with Crippen LogP contribution in [0.5, 0.6) is 0 Å². The maximum atomic E-state index is 11.6. The molecule has 1 rings (SSSR count). The fraction of sp³-hybridized carbons (Fsp3) is 0.769. The second-order valence-corrected chi connectivity index (χ2v) is 4.61. The Labute approximate surface area is 104 Å². The number of hydrogen-bond acceptors (Lipinski definition) is 3. The second kappa shape index (κ2) is 8.25. The lowest BCUT2D eigenvalue weighted by molar-refractivity contribution is -0.122. The van der Waals surface area contributed by atoms with Crippen LogP contribution in [0.3, 0.4) is 0 Å². The number of hydrogen-bond donors (Lipinski definition) is 2. The summed E-state index contributed by atoms with van der Waals surface area (Å²) in [5.41, 5.74) is 0. The minimum Gasteiger partial charge on any atom is -0.377 e. The minimum absolute atomic E-state index is 0.145. The molecule has 0 saturated carbocycles. The zero-order valence-electron chi connectivity index (χ0n) is 10.7. The van der Waals surface area contributed by atoms with Gasteiger partial charge in [-0.2, -0.15) is 0 Å². The van der Waals surface area contributed by atoms with E-state index in [9.17, 15) is 4.79 Å². The van der Waals surface area contributed by atoms with Gasteiger partial charge in [0.15, 0.2) is 0 Å². The van der Waals surface area contributed by atoms with Crippen LogP contribution in [0.25, 0.3) is 0 Å². The summed E-state index contributed by atoms with van der Waals surface area (Å²) in [6.45, 7) is 7.91. The van der Waals surface area contributed by atoms with E-state index >= 15 is 0 Å². The fourth-order valence-electron chi connectivity index (χ4n) is 2.06. The van der Waals surface area contributed by atoms with Crippen molar-refractivity contribution in [1.82, 2.24) is 10.6 Å². The number of rotatable bonds is 7. The molecule has 1 aliphatic rings. The predicted molar refractivity (Wildman–Crippen MR) is 68.9 cm³/mol. The molecule has 4 heteroatoms. The monoisotopic (exact) mass is 240 g/mol. The van der Waals surface area contributed by atoms with Gasteiger partial charge in [-0.3, -0.25) is 4.79 Å². The van der Waals surface area contributed by atoms with Gasteiger partial charge in [0, 0.05) is 25.1 Å². The molecule has 0 aliphatic carbocycles. The molecule has 98 valence electrons. The smallest absolute Gasteiger partial charge is 0.220 e. The lowest BCUT2D eigenvalue weighted by Gasteiger charge is -2.28. The molecule has 17 heavy (non-hydrogen) atoms. The van der Waals surface area contributed by atoms with Crippen LogP contribution in [-0.4, -0.2) is 37.7 Å². The molecular formula is C13H24N2O2. The Bertz CT molecular complexity index is 244. The summed E-state index contributed by atoms with van der Waals surface area (Å²) >= 11 is 0. The van der Waals surface area contributed by atoms with Crippen molar-refractivity contribution in [3.05, 3.63) is 12.7 Å². The molecule has 4 nitrogen and oxygen atoms in total. The average Bonchev–Trinajstić information content (AvgIpc) is 2.29. The Morgan fingerprint density at radius 1 is 1.65 bits per heavy atom. The summed E-state index contributed by atoms with van der Waals surface area (Å²) in [5.74, 6) is 0.145. The highest BCUT2D eigenvalue weighted by molar-refractivity contribution is 5.76. The molecule has 2 unspecified atom stereocenters. The maximum absolute atomic E-state index is 11.6. The molecule has 0 aromatic heterocycles. The first-order valence-electron chi connectivity index (χ1n) is 6.43. The van der Waals surface area contributed by atoms with Crippen molar-refractivity contribution < 1.29 is 9.53 Å². The van der Waals surface area contributed by atoms with Gasteiger partial charge in [-0.15, -0.1) is 6.58 Å². The highest BCUT2D eigenvalue weighted by atomic mass is 16.5. The van der Waals surface area contributed by atoms with Crippen molar-refractivity contribution >= 4 is 5.91 Å². The van der Waals surface area contributed by atoms with Gasteiger partial charge in [0.1, 0.15) is 0 Å². The maximum Gasteiger partial charge on any atom is 0.220 e. The standard InChI is InChI=1S/C13H24N2O2/c1-3-8-17-9-4-5-13(16)15-12-6-7-14-11(2)10-12/h3,11-12,14H,1,4-10H2,2H3,(H,15,16). The highest BCUT2D eigenvalue weighted by Gasteiger charge is 2.19. The van der Waals surface area contributed by atoms with Crippen molar-refractivity contribution in [2.45, 2.75) is 44.7 Å². The predicted octanol–water partition coefficient (Wildman–Crippen LogP) is 1.23.